The second-order valence-corrected chi connectivity index (χ2v) is 4.24. The van der Waals surface area contributed by atoms with E-state index in [9.17, 15) is 5.11 Å². The minimum atomic E-state index is -1.13. The van der Waals surface area contributed by atoms with Crippen molar-refractivity contribution in [3.8, 4) is 5.75 Å². The van der Waals surface area contributed by atoms with Gasteiger partial charge in [0.05, 0.1) is 25.4 Å². The highest BCUT2D eigenvalue weighted by molar-refractivity contribution is 5.35. The van der Waals surface area contributed by atoms with Crippen LogP contribution >= 0.6 is 0 Å². The summed E-state index contributed by atoms with van der Waals surface area (Å²) in [6.07, 6.45) is 0. The van der Waals surface area contributed by atoms with Crippen LogP contribution < -0.4 is 5.32 Å². The quantitative estimate of drug-likeness (QED) is 0.463. The lowest BCUT2D eigenvalue weighted by molar-refractivity contribution is 0.0412. The lowest BCUT2D eigenvalue weighted by Gasteiger charge is -2.29. The molecular formula is C12H19NO4. The Labute approximate surface area is 100 Å². The molecule has 17 heavy (non-hydrogen) atoms. The van der Waals surface area contributed by atoms with E-state index in [0.29, 0.717) is 5.56 Å². The van der Waals surface area contributed by atoms with E-state index in [1.807, 2.05) is 6.92 Å². The molecule has 5 nitrogen and oxygen atoms in total. The average molecular weight is 241 g/mol. The minimum absolute atomic E-state index is 0.144. The Balaban J connectivity index is 2.75. The van der Waals surface area contributed by atoms with Gasteiger partial charge in [-0.3, -0.25) is 0 Å². The topological polar surface area (TPSA) is 93.0 Å². The maximum absolute atomic E-state index is 9.62. The van der Waals surface area contributed by atoms with Gasteiger partial charge in [0.25, 0.3) is 0 Å². The molecule has 96 valence electrons. The fraction of sp³-hybridized carbons (Fsp3) is 0.500. The smallest absolute Gasteiger partial charge is 0.120 e. The van der Waals surface area contributed by atoms with E-state index in [2.05, 4.69) is 5.32 Å². The summed E-state index contributed by atoms with van der Waals surface area (Å²) in [5, 5.41) is 39.9. The number of rotatable bonds is 6. The van der Waals surface area contributed by atoms with Gasteiger partial charge in [-0.2, -0.15) is 0 Å². The van der Waals surface area contributed by atoms with Crippen LogP contribution in [0.15, 0.2) is 18.2 Å². The summed E-state index contributed by atoms with van der Waals surface area (Å²) in [6, 6.07) is 5.18. The molecule has 0 fully saturated rings. The molecule has 0 saturated carbocycles. The van der Waals surface area contributed by atoms with Crippen molar-refractivity contribution in [1.29, 1.82) is 0 Å². The van der Waals surface area contributed by atoms with Crippen molar-refractivity contribution in [3.63, 3.8) is 0 Å². The highest BCUT2D eigenvalue weighted by atomic mass is 16.3. The molecule has 0 heterocycles. The van der Waals surface area contributed by atoms with Crippen LogP contribution in [0.25, 0.3) is 0 Å². The van der Waals surface area contributed by atoms with E-state index in [1.165, 1.54) is 0 Å². The summed E-state index contributed by atoms with van der Waals surface area (Å²) >= 11 is 0. The molecule has 5 heteroatoms. The van der Waals surface area contributed by atoms with Gasteiger partial charge in [0.1, 0.15) is 5.75 Å². The number of phenols is 1. The second-order valence-electron chi connectivity index (χ2n) is 4.24. The first-order valence-corrected chi connectivity index (χ1v) is 5.43. The van der Waals surface area contributed by atoms with Gasteiger partial charge >= 0.3 is 0 Å². The number of hydrogen-bond acceptors (Lipinski definition) is 5. The molecule has 0 aliphatic carbocycles. The molecule has 1 aromatic carbocycles. The number of nitrogens with one attached hydrogen (secondary N) is 1. The molecular weight excluding hydrogens is 222 g/mol. The molecule has 1 aromatic rings. The van der Waals surface area contributed by atoms with Crippen molar-refractivity contribution >= 4 is 0 Å². The van der Waals surface area contributed by atoms with Gasteiger partial charge in [-0.1, -0.05) is 17.7 Å². The van der Waals surface area contributed by atoms with E-state index in [-0.39, 0.29) is 32.1 Å². The standard InChI is InChI=1S/C12H19NO4/c1-9-2-3-11(17)10(4-9)5-13-12(6-14,7-15)8-16/h2-4,13-17H,5-8H2,1H3. The summed E-state index contributed by atoms with van der Waals surface area (Å²) in [5.41, 5.74) is 0.530. The van der Waals surface area contributed by atoms with Crippen molar-refractivity contribution in [2.24, 2.45) is 0 Å². The van der Waals surface area contributed by atoms with Crippen molar-refractivity contribution in [1.82, 2.24) is 5.32 Å². The van der Waals surface area contributed by atoms with Crippen LogP contribution in [0.1, 0.15) is 11.1 Å². The molecule has 0 bridgehead atoms. The van der Waals surface area contributed by atoms with E-state index in [1.54, 1.807) is 18.2 Å². The maximum Gasteiger partial charge on any atom is 0.120 e. The summed E-state index contributed by atoms with van der Waals surface area (Å²) in [6.45, 7) is 1.02. The Bertz CT molecular complexity index is 355. The Morgan fingerprint density at radius 2 is 1.71 bits per heavy atom. The molecule has 1 rings (SSSR count). The fourth-order valence-corrected chi connectivity index (χ4v) is 1.46. The number of aliphatic hydroxyl groups is 3. The Hall–Kier alpha value is -1.14. The van der Waals surface area contributed by atoms with Crippen LogP contribution in [0.3, 0.4) is 0 Å². The summed E-state index contributed by atoms with van der Waals surface area (Å²) < 4.78 is 0. The predicted octanol–water partition coefficient (Wildman–Crippen LogP) is -0.494. The molecule has 0 aliphatic heterocycles. The van der Waals surface area contributed by atoms with Crippen molar-refractivity contribution < 1.29 is 20.4 Å². The number of aliphatic hydroxyl groups excluding tert-OH is 3. The largest absolute Gasteiger partial charge is 0.508 e. The predicted molar refractivity (Wildman–Crippen MR) is 63.7 cm³/mol. The molecule has 0 aromatic heterocycles. The first-order chi connectivity index (χ1) is 8.06. The van der Waals surface area contributed by atoms with E-state index in [0.717, 1.165) is 5.56 Å². The van der Waals surface area contributed by atoms with Gasteiger partial charge in [-0.05, 0) is 13.0 Å². The van der Waals surface area contributed by atoms with Crippen LogP contribution in [-0.2, 0) is 6.54 Å². The third kappa shape index (κ3) is 3.41. The Kier molecular flexibility index (Phi) is 4.89. The SMILES string of the molecule is Cc1ccc(O)c(CNC(CO)(CO)CO)c1. The lowest BCUT2D eigenvalue weighted by atomic mass is 10.0. The maximum atomic E-state index is 9.62. The molecule has 0 spiro atoms. The zero-order valence-corrected chi connectivity index (χ0v) is 9.85. The Morgan fingerprint density at radius 3 is 2.24 bits per heavy atom. The Morgan fingerprint density at radius 1 is 1.12 bits per heavy atom. The van der Waals surface area contributed by atoms with Gasteiger partial charge in [-0.25, -0.2) is 0 Å². The zero-order chi connectivity index (χ0) is 12.9. The van der Waals surface area contributed by atoms with Crippen molar-refractivity contribution in [2.75, 3.05) is 19.8 Å². The molecule has 5 N–H and O–H groups in total. The molecule has 0 atom stereocenters. The average Bonchev–Trinajstić information content (AvgIpc) is 2.35. The third-order valence-electron chi connectivity index (χ3n) is 2.80. The summed E-state index contributed by atoms with van der Waals surface area (Å²) in [4.78, 5) is 0. The van der Waals surface area contributed by atoms with E-state index >= 15 is 0 Å². The zero-order valence-electron chi connectivity index (χ0n) is 9.85. The summed E-state index contributed by atoms with van der Waals surface area (Å²) in [7, 11) is 0. The first-order valence-electron chi connectivity index (χ1n) is 5.43. The molecule has 0 amide bonds. The molecule has 0 aliphatic rings. The second kappa shape index (κ2) is 5.97. The van der Waals surface area contributed by atoms with Crippen LogP contribution in [0.5, 0.6) is 5.75 Å². The molecule has 0 radical (unpaired) electrons. The van der Waals surface area contributed by atoms with Gasteiger partial charge in [-0.15, -0.1) is 0 Å². The normalized spacial score (nSPS) is 11.8. The van der Waals surface area contributed by atoms with Crippen molar-refractivity contribution in [3.05, 3.63) is 29.3 Å². The van der Waals surface area contributed by atoms with Crippen molar-refractivity contribution in [2.45, 2.75) is 19.0 Å². The van der Waals surface area contributed by atoms with Gasteiger partial charge < -0.3 is 25.7 Å². The van der Waals surface area contributed by atoms with Gasteiger partial charge in [0, 0.05) is 12.1 Å². The minimum Gasteiger partial charge on any atom is -0.508 e. The first kappa shape index (κ1) is 13.9. The molecule has 0 saturated heterocycles. The highest BCUT2D eigenvalue weighted by Crippen LogP contribution is 2.18. The number of aromatic hydroxyl groups is 1. The van der Waals surface area contributed by atoms with Gasteiger partial charge in [0.2, 0.25) is 0 Å². The van der Waals surface area contributed by atoms with Gasteiger partial charge in [0.15, 0.2) is 0 Å². The number of hydrogen-bond donors (Lipinski definition) is 5. The van der Waals surface area contributed by atoms with Crippen LogP contribution in [0.2, 0.25) is 0 Å². The highest BCUT2D eigenvalue weighted by Gasteiger charge is 2.27. The van der Waals surface area contributed by atoms with Crippen LogP contribution in [0, 0.1) is 6.92 Å². The number of phenolic OH excluding ortho intramolecular Hbond substituents is 1. The van der Waals surface area contributed by atoms with E-state index < -0.39 is 5.54 Å². The summed E-state index contributed by atoms with van der Waals surface area (Å²) in [5.74, 6) is 0.144. The van der Waals surface area contributed by atoms with Crippen LogP contribution in [-0.4, -0.2) is 45.8 Å². The number of aryl methyl sites for hydroxylation is 1. The molecule has 0 unspecified atom stereocenters. The van der Waals surface area contributed by atoms with E-state index in [4.69, 9.17) is 15.3 Å². The van der Waals surface area contributed by atoms with Crippen LogP contribution in [0.4, 0.5) is 0 Å². The fourth-order valence-electron chi connectivity index (χ4n) is 1.46. The lowest BCUT2D eigenvalue weighted by Crippen LogP contribution is -2.54. The number of benzene rings is 1. The monoisotopic (exact) mass is 241 g/mol. The third-order valence-corrected chi connectivity index (χ3v) is 2.80.